The van der Waals surface area contributed by atoms with E-state index in [0.717, 1.165) is 23.3 Å². The molecule has 2 rings (SSSR count). The number of urea groups is 1. The molecule has 3 N–H and O–H groups in total. The number of primary amides is 1. The molecule has 2 amide bonds. The number of halogens is 1. The summed E-state index contributed by atoms with van der Waals surface area (Å²) in [5.74, 6) is 0.724. The third-order valence-corrected chi connectivity index (χ3v) is 3.88. The minimum Gasteiger partial charge on any atom is -0.491 e. The Hall–Kier alpha value is -1.31. The fraction of sp³-hybridized carbons (Fsp3) is 0.500. The summed E-state index contributed by atoms with van der Waals surface area (Å²) in [6.45, 7) is 3.42. The number of rotatable bonds is 5. The summed E-state index contributed by atoms with van der Waals surface area (Å²) in [5, 5.41) is 10.0. The maximum Gasteiger partial charge on any atom is 0.314 e. The SMILES string of the molecule is NC(=O)N1CCN(CC(O)COc2cccc(Br)c2)CC1. The Balaban J connectivity index is 1.70. The van der Waals surface area contributed by atoms with E-state index in [2.05, 4.69) is 20.8 Å². The van der Waals surface area contributed by atoms with Gasteiger partial charge in [0, 0.05) is 37.2 Å². The van der Waals surface area contributed by atoms with Crippen LogP contribution < -0.4 is 10.5 Å². The number of aliphatic hydroxyl groups is 1. The number of hydrogen-bond acceptors (Lipinski definition) is 4. The smallest absolute Gasteiger partial charge is 0.314 e. The number of nitrogens with zero attached hydrogens (tertiary/aromatic N) is 2. The number of hydrogen-bond donors (Lipinski definition) is 2. The van der Waals surface area contributed by atoms with Crippen LogP contribution in [0.4, 0.5) is 4.79 Å². The molecule has 1 aromatic carbocycles. The molecule has 21 heavy (non-hydrogen) atoms. The highest BCUT2D eigenvalue weighted by atomic mass is 79.9. The van der Waals surface area contributed by atoms with Crippen molar-refractivity contribution in [2.24, 2.45) is 5.73 Å². The molecule has 7 heteroatoms. The van der Waals surface area contributed by atoms with E-state index in [1.165, 1.54) is 0 Å². The Kier molecular flexibility index (Phi) is 5.84. The third-order valence-electron chi connectivity index (χ3n) is 3.39. The number of carbonyl (C=O) groups is 1. The van der Waals surface area contributed by atoms with Crippen molar-refractivity contribution in [3.63, 3.8) is 0 Å². The first-order valence-corrected chi connectivity index (χ1v) is 7.67. The summed E-state index contributed by atoms with van der Waals surface area (Å²) in [5.41, 5.74) is 5.23. The Morgan fingerprint density at radius 3 is 2.71 bits per heavy atom. The number of amides is 2. The predicted octanol–water partition coefficient (Wildman–Crippen LogP) is 0.885. The van der Waals surface area contributed by atoms with Gasteiger partial charge < -0.3 is 20.5 Å². The maximum absolute atomic E-state index is 11.0. The fourth-order valence-corrected chi connectivity index (χ4v) is 2.63. The zero-order valence-corrected chi connectivity index (χ0v) is 13.3. The van der Waals surface area contributed by atoms with Gasteiger partial charge in [0.25, 0.3) is 0 Å². The molecule has 0 aliphatic carbocycles. The Morgan fingerprint density at radius 1 is 1.38 bits per heavy atom. The van der Waals surface area contributed by atoms with E-state index < -0.39 is 6.10 Å². The molecule has 1 atom stereocenters. The highest BCUT2D eigenvalue weighted by Gasteiger charge is 2.21. The van der Waals surface area contributed by atoms with Crippen LogP contribution in [0.2, 0.25) is 0 Å². The van der Waals surface area contributed by atoms with Crippen molar-refractivity contribution < 1.29 is 14.6 Å². The number of benzene rings is 1. The van der Waals surface area contributed by atoms with Crippen LogP contribution in [0.1, 0.15) is 0 Å². The van der Waals surface area contributed by atoms with Crippen LogP contribution in [-0.2, 0) is 0 Å². The van der Waals surface area contributed by atoms with Gasteiger partial charge >= 0.3 is 6.03 Å². The number of β-amino-alcohol motifs (C(OH)–C–C–N with tert-alkyl or cyclic N) is 1. The molecule has 0 radical (unpaired) electrons. The monoisotopic (exact) mass is 357 g/mol. The fourth-order valence-electron chi connectivity index (χ4n) is 2.25. The zero-order chi connectivity index (χ0) is 15.2. The quantitative estimate of drug-likeness (QED) is 0.819. The highest BCUT2D eigenvalue weighted by molar-refractivity contribution is 9.10. The van der Waals surface area contributed by atoms with Crippen molar-refractivity contribution in [2.45, 2.75) is 6.10 Å². The molecule has 1 saturated heterocycles. The molecule has 0 spiro atoms. The van der Waals surface area contributed by atoms with Crippen LogP contribution in [0.25, 0.3) is 0 Å². The minimum atomic E-state index is -0.566. The van der Waals surface area contributed by atoms with E-state index in [1.807, 2.05) is 24.3 Å². The molecule has 1 aromatic rings. The number of carbonyl (C=O) groups excluding carboxylic acids is 1. The molecule has 1 heterocycles. The van der Waals surface area contributed by atoms with Crippen molar-refractivity contribution >= 4 is 22.0 Å². The largest absolute Gasteiger partial charge is 0.491 e. The zero-order valence-electron chi connectivity index (χ0n) is 11.7. The van der Waals surface area contributed by atoms with Gasteiger partial charge in [-0.15, -0.1) is 0 Å². The van der Waals surface area contributed by atoms with Crippen LogP contribution in [0, 0.1) is 0 Å². The van der Waals surface area contributed by atoms with Crippen LogP contribution >= 0.6 is 15.9 Å². The Bertz CT molecular complexity index is 478. The molecule has 116 valence electrons. The van der Waals surface area contributed by atoms with Crippen LogP contribution in [-0.4, -0.2) is 66.4 Å². The van der Waals surface area contributed by atoms with Crippen LogP contribution in [0.3, 0.4) is 0 Å². The highest BCUT2D eigenvalue weighted by Crippen LogP contribution is 2.17. The van der Waals surface area contributed by atoms with E-state index in [9.17, 15) is 9.90 Å². The van der Waals surface area contributed by atoms with Crippen molar-refractivity contribution in [1.29, 1.82) is 0 Å². The molecule has 1 aliphatic rings. The lowest BCUT2D eigenvalue weighted by Gasteiger charge is -2.34. The number of nitrogens with two attached hydrogens (primary N) is 1. The molecule has 0 saturated carbocycles. The van der Waals surface area contributed by atoms with Crippen molar-refractivity contribution in [3.8, 4) is 5.75 Å². The van der Waals surface area contributed by atoms with E-state index in [0.29, 0.717) is 19.6 Å². The lowest BCUT2D eigenvalue weighted by atomic mass is 10.2. The average Bonchev–Trinajstić information content (AvgIpc) is 2.46. The molecule has 0 bridgehead atoms. The molecular formula is C14H20BrN3O3. The Morgan fingerprint density at radius 2 is 2.10 bits per heavy atom. The second-order valence-corrected chi connectivity index (χ2v) is 5.96. The van der Waals surface area contributed by atoms with Gasteiger partial charge in [-0.05, 0) is 18.2 Å². The van der Waals surface area contributed by atoms with E-state index >= 15 is 0 Å². The molecule has 1 unspecified atom stereocenters. The molecule has 1 fully saturated rings. The first-order valence-electron chi connectivity index (χ1n) is 6.88. The van der Waals surface area contributed by atoms with Gasteiger partial charge in [0.15, 0.2) is 0 Å². The van der Waals surface area contributed by atoms with Gasteiger partial charge in [0.1, 0.15) is 18.5 Å². The number of aliphatic hydroxyl groups excluding tert-OH is 1. The lowest BCUT2D eigenvalue weighted by molar-refractivity contribution is 0.0522. The molecule has 6 nitrogen and oxygen atoms in total. The summed E-state index contributed by atoms with van der Waals surface area (Å²) >= 11 is 3.37. The van der Waals surface area contributed by atoms with Gasteiger partial charge in [0.05, 0.1) is 0 Å². The van der Waals surface area contributed by atoms with Crippen LogP contribution in [0.15, 0.2) is 28.7 Å². The van der Waals surface area contributed by atoms with Gasteiger partial charge in [0.2, 0.25) is 0 Å². The number of piperazine rings is 1. The second-order valence-electron chi connectivity index (χ2n) is 5.05. The third kappa shape index (κ3) is 5.18. The normalized spacial score (nSPS) is 17.5. The summed E-state index contributed by atoms with van der Waals surface area (Å²) in [6.07, 6.45) is -0.566. The lowest BCUT2D eigenvalue weighted by Crippen LogP contribution is -2.52. The average molecular weight is 358 g/mol. The van der Waals surface area contributed by atoms with E-state index in [4.69, 9.17) is 10.5 Å². The topological polar surface area (TPSA) is 79.0 Å². The second kappa shape index (κ2) is 7.63. The van der Waals surface area contributed by atoms with Crippen molar-refractivity contribution in [2.75, 3.05) is 39.3 Å². The van der Waals surface area contributed by atoms with Gasteiger partial charge in [-0.3, -0.25) is 4.90 Å². The van der Waals surface area contributed by atoms with Gasteiger partial charge in [-0.1, -0.05) is 22.0 Å². The summed E-state index contributed by atoms with van der Waals surface area (Å²) in [7, 11) is 0. The Labute approximate surface area is 132 Å². The number of ether oxygens (including phenoxy) is 1. The standard InChI is InChI=1S/C14H20BrN3O3/c15-11-2-1-3-13(8-11)21-10-12(19)9-17-4-6-18(7-5-17)14(16)20/h1-3,8,12,19H,4-7,9-10H2,(H2,16,20). The summed E-state index contributed by atoms with van der Waals surface area (Å²) in [4.78, 5) is 14.7. The van der Waals surface area contributed by atoms with Crippen molar-refractivity contribution in [1.82, 2.24) is 9.80 Å². The molecule has 0 aromatic heterocycles. The van der Waals surface area contributed by atoms with Gasteiger partial charge in [-0.2, -0.15) is 0 Å². The first-order chi connectivity index (χ1) is 10.0. The molecule has 1 aliphatic heterocycles. The van der Waals surface area contributed by atoms with Crippen LogP contribution in [0.5, 0.6) is 5.75 Å². The van der Waals surface area contributed by atoms with Crippen molar-refractivity contribution in [3.05, 3.63) is 28.7 Å². The predicted molar refractivity (Wildman–Crippen MR) is 83.2 cm³/mol. The van der Waals surface area contributed by atoms with E-state index in [-0.39, 0.29) is 12.6 Å². The summed E-state index contributed by atoms with van der Waals surface area (Å²) < 4.78 is 6.50. The molecular weight excluding hydrogens is 338 g/mol. The first kappa shape index (κ1) is 16.1. The minimum absolute atomic E-state index is 0.243. The van der Waals surface area contributed by atoms with Gasteiger partial charge in [-0.25, -0.2) is 4.79 Å². The van der Waals surface area contributed by atoms with E-state index in [1.54, 1.807) is 4.90 Å². The summed E-state index contributed by atoms with van der Waals surface area (Å²) in [6, 6.07) is 7.13. The maximum atomic E-state index is 11.0.